The zero-order chi connectivity index (χ0) is 16.2. The Kier molecular flexibility index (Phi) is 4.65. The third-order valence-corrected chi connectivity index (χ3v) is 4.29. The highest BCUT2D eigenvalue weighted by atomic mass is 16.5. The van der Waals surface area contributed by atoms with E-state index in [2.05, 4.69) is 19.9 Å². The molecule has 0 saturated carbocycles. The topological polar surface area (TPSA) is 29.5 Å². The van der Waals surface area contributed by atoms with Crippen LogP contribution in [0.25, 0.3) is 0 Å². The molecule has 1 amide bonds. The fraction of sp³-hybridized carbons (Fsp3) is 0.350. The number of rotatable bonds is 5. The summed E-state index contributed by atoms with van der Waals surface area (Å²) < 4.78 is 5.66. The SMILES string of the molecule is CCCCOc1ccc(C(=O)N2c3ccccc3CC2C)cc1. The van der Waals surface area contributed by atoms with Gasteiger partial charge in [0.1, 0.15) is 5.75 Å². The van der Waals surface area contributed by atoms with Crippen molar-refractivity contribution in [3.63, 3.8) is 0 Å². The Morgan fingerprint density at radius 3 is 2.65 bits per heavy atom. The van der Waals surface area contributed by atoms with Gasteiger partial charge in [-0.15, -0.1) is 0 Å². The first kappa shape index (κ1) is 15.6. The zero-order valence-electron chi connectivity index (χ0n) is 13.8. The number of carbonyl (C=O) groups excluding carboxylic acids is 1. The van der Waals surface area contributed by atoms with Crippen LogP contribution in [0, 0.1) is 0 Å². The van der Waals surface area contributed by atoms with E-state index in [4.69, 9.17) is 4.74 Å². The lowest BCUT2D eigenvalue weighted by molar-refractivity contribution is 0.0981. The van der Waals surface area contributed by atoms with Crippen LogP contribution in [0.2, 0.25) is 0 Å². The molecule has 0 aromatic heterocycles. The Bertz CT molecular complexity index is 678. The third-order valence-electron chi connectivity index (χ3n) is 4.29. The van der Waals surface area contributed by atoms with Crippen LogP contribution in [0.5, 0.6) is 5.75 Å². The number of amides is 1. The maximum absolute atomic E-state index is 12.9. The number of ether oxygens (including phenoxy) is 1. The van der Waals surface area contributed by atoms with Gasteiger partial charge >= 0.3 is 0 Å². The summed E-state index contributed by atoms with van der Waals surface area (Å²) >= 11 is 0. The molecule has 1 aliphatic rings. The Morgan fingerprint density at radius 1 is 1.17 bits per heavy atom. The number of unbranched alkanes of at least 4 members (excludes halogenated alkanes) is 1. The van der Waals surface area contributed by atoms with Gasteiger partial charge in [-0.25, -0.2) is 0 Å². The molecule has 0 radical (unpaired) electrons. The molecule has 23 heavy (non-hydrogen) atoms. The van der Waals surface area contributed by atoms with Crippen LogP contribution in [0.4, 0.5) is 5.69 Å². The van der Waals surface area contributed by atoms with Gasteiger partial charge in [-0.3, -0.25) is 4.79 Å². The Labute approximate surface area is 137 Å². The molecule has 0 aliphatic carbocycles. The van der Waals surface area contributed by atoms with E-state index in [1.54, 1.807) is 0 Å². The maximum Gasteiger partial charge on any atom is 0.258 e. The Balaban J connectivity index is 1.76. The summed E-state index contributed by atoms with van der Waals surface area (Å²) in [5.74, 6) is 0.882. The van der Waals surface area contributed by atoms with E-state index in [0.29, 0.717) is 5.56 Å². The highest BCUT2D eigenvalue weighted by Gasteiger charge is 2.31. The molecular weight excluding hydrogens is 286 g/mol. The van der Waals surface area contributed by atoms with Crippen LogP contribution in [-0.2, 0) is 6.42 Å². The number of anilines is 1. The summed E-state index contributed by atoms with van der Waals surface area (Å²) in [7, 11) is 0. The number of hydrogen-bond donors (Lipinski definition) is 0. The highest BCUT2D eigenvalue weighted by Crippen LogP contribution is 2.33. The van der Waals surface area contributed by atoms with Crippen molar-refractivity contribution >= 4 is 11.6 Å². The van der Waals surface area contributed by atoms with Gasteiger partial charge in [-0.1, -0.05) is 31.5 Å². The van der Waals surface area contributed by atoms with Crippen molar-refractivity contribution in [2.75, 3.05) is 11.5 Å². The van der Waals surface area contributed by atoms with Crippen molar-refractivity contribution in [2.45, 2.75) is 39.2 Å². The predicted octanol–water partition coefficient (Wildman–Crippen LogP) is 4.46. The quantitative estimate of drug-likeness (QED) is 0.763. The molecule has 1 aliphatic heterocycles. The van der Waals surface area contributed by atoms with Gasteiger partial charge in [0.25, 0.3) is 5.91 Å². The van der Waals surface area contributed by atoms with Gasteiger partial charge in [0, 0.05) is 17.3 Å². The largest absolute Gasteiger partial charge is 0.494 e. The summed E-state index contributed by atoms with van der Waals surface area (Å²) in [5.41, 5.74) is 2.98. The average molecular weight is 309 g/mol. The second-order valence-corrected chi connectivity index (χ2v) is 6.08. The lowest BCUT2D eigenvalue weighted by atomic mass is 10.1. The molecule has 0 fully saturated rings. The number of para-hydroxylation sites is 1. The first-order valence-electron chi connectivity index (χ1n) is 8.35. The molecule has 0 saturated heterocycles. The molecule has 3 rings (SSSR count). The molecule has 1 atom stereocenters. The lowest BCUT2D eigenvalue weighted by Gasteiger charge is -2.23. The monoisotopic (exact) mass is 309 g/mol. The van der Waals surface area contributed by atoms with E-state index in [-0.39, 0.29) is 11.9 Å². The molecule has 2 aromatic carbocycles. The minimum Gasteiger partial charge on any atom is -0.494 e. The zero-order valence-corrected chi connectivity index (χ0v) is 13.8. The Morgan fingerprint density at radius 2 is 1.91 bits per heavy atom. The summed E-state index contributed by atoms with van der Waals surface area (Å²) in [6.07, 6.45) is 3.08. The van der Waals surface area contributed by atoms with E-state index in [9.17, 15) is 4.79 Å². The number of fused-ring (bicyclic) bond motifs is 1. The molecule has 2 aromatic rings. The van der Waals surface area contributed by atoms with E-state index in [0.717, 1.165) is 37.3 Å². The van der Waals surface area contributed by atoms with Crippen LogP contribution < -0.4 is 9.64 Å². The molecule has 0 bridgehead atoms. The summed E-state index contributed by atoms with van der Waals surface area (Å²) in [6.45, 7) is 4.96. The Hall–Kier alpha value is -2.29. The van der Waals surface area contributed by atoms with Gasteiger partial charge in [-0.2, -0.15) is 0 Å². The number of nitrogens with zero attached hydrogens (tertiary/aromatic N) is 1. The number of benzene rings is 2. The molecular formula is C20H23NO2. The fourth-order valence-corrected chi connectivity index (χ4v) is 3.04. The lowest BCUT2D eigenvalue weighted by Crippen LogP contribution is -2.35. The third kappa shape index (κ3) is 3.24. The molecule has 120 valence electrons. The van der Waals surface area contributed by atoms with Crippen molar-refractivity contribution in [3.05, 3.63) is 59.7 Å². The predicted molar refractivity (Wildman–Crippen MR) is 93.3 cm³/mol. The molecule has 0 N–H and O–H groups in total. The molecule has 3 nitrogen and oxygen atoms in total. The second kappa shape index (κ2) is 6.86. The smallest absolute Gasteiger partial charge is 0.258 e. The van der Waals surface area contributed by atoms with Crippen molar-refractivity contribution in [3.8, 4) is 5.75 Å². The van der Waals surface area contributed by atoms with Crippen molar-refractivity contribution in [2.24, 2.45) is 0 Å². The van der Waals surface area contributed by atoms with Crippen LogP contribution in [0.1, 0.15) is 42.6 Å². The van der Waals surface area contributed by atoms with E-state index < -0.39 is 0 Å². The normalized spacial score (nSPS) is 16.3. The first-order valence-corrected chi connectivity index (χ1v) is 8.35. The first-order chi connectivity index (χ1) is 11.2. The highest BCUT2D eigenvalue weighted by molar-refractivity contribution is 6.07. The van der Waals surface area contributed by atoms with Gasteiger partial charge in [0.15, 0.2) is 0 Å². The van der Waals surface area contributed by atoms with Gasteiger partial charge in [0.05, 0.1) is 6.61 Å². The van der Waals surface area contributed by atoms with Crippen LogP contribution in [0.15, 0.2) is 48.5 Å². The minimum absolute atomic E-state index is 0.0579. The fourth-order valence-electron chi connectivity index (χ4n) is 3.04. The summed E-state index contributed by atoms with van der Waals surface area (Å²) in [5, 5.41) is 0. The number of hydrogen-bond acceptors (Lipinski definition) is 2. The number of carbonyl (C=O) groups is 1. The standard InChI is InChI=1S/C20H23NO2/c1-3-4-13-23-18-11-9-16(10-12-18)20(22)21-15(2)14-17-7-5-6-8-19(17)21/h5-12,15H,3-4,13-14H2,1-2H3. The molecule has 1 heterocycles. The molecule has 0 spiro atoms. The van der Waals surface area contributed by atoms with Crippen molar-refractivity contribution in [1.82, 2.24) is 0 Å². The van der Waals surface area contributed by atoms with Crippen molar-refractivity contribution in [1.29, 1.82) is 0 Å². The maximum atomic E-state index is 12.9. The van der Waals surface area contributed by atoms with Crippen molar-refractivity contribution < 1.29 is 9.53 Å². The van der Waals surface area contributed by atoms with E-state index in [1.165, 1.54) is 5.56 Å². The summed E-state index contributed by atoms with van der Waals surface area (Å²) in [6, 6.07) is 15.8. The van der Waals surface area contributed by atoms with Gasteiger partial charge in [0.2, 0.25) is 0 Å². The van der Waals surface area contributed by atoms with Crippen LogP contribution in [0.3, 0.4) is 0 Å². The second-order valence-electron chi connectivity index (χ2n) is 6.08. The van der Waals surface area contributed by atoms with Crippen LogP contribution in [-0.4, -0.2) is 18.6 Å². The van der Waals surface area contributed by atoms with Crippen LogP contribution >= 0.6 is 0 Å². The average Bonchev–Trinajstić information content (AvgIpc) is 2.91. The van der Waals surface area contributed by atoms with Gasteiger partial charge in [-0.05, 0) is 55.7 Å². The minimum atomic E-state index is 0.0579. The van der Waals surface area contributed by atoms with E-state index in [1.807, 2.05) is 47.4 Å². The molecule has 3 heteroatoms. The molecule has 1 unspecified atom stereocenters. The van der Waals surface area contributed by atoms with E-state index >= 15 is 0 Å². The van der Waals surface area contributed by atoms with Gasteiger partial charge < -0.3 is 9.64 Å². The summed E-state index contributed by atoms with van der Waals surface area (Å²) in [4.78, 5) is 14.8.